The van der Waals surface area contributed by atoms with E-state index in [0.29, 0.717) is 16.8 Å². The van der Waals surface area contributed by atoms with Crippen LogP contribution in [0.25, 0.3) is 11.5 Å². The van der Waals surface area contributed by atoms with E-state index >= 15 is 0 Å². The lowest BCUT2D eigenvalue weighted by molar-refractivity contribution is -0.123. The third-order valence-corrected chi connectivity index (χ3v) is 4.62. The summed E-state index contributed by atoms with van der Waals surface area (Å²) in [6.07, 6.45) is 6.37. The van der Waals surface area contributed by atoms with Gasteiger partial charge in [0.2, 0.25) is 0 Å². The minimum atomic E-state index is -0.154. The van der Waals surface area contributed by atoms with Crippen LogP contribution in [0.5, 0.6) is 0 Å². The number of amides is 1. The van der Waals surface area contributed by atoms with Crippen molar-refractivity contribution in [1.29, 1.82) is 0 Å². The summed E-state index contributed by atoms with van der Waals surface area (Å²) < 4.78 is 11.0. The Kier molecular flexibility index (Phi) is 4.90. The first-order valence-electron chi connectivity index (χ1n) is 7.61. The van der Waals surface area contributed by atoms with E-state index in [4.69, 9.17) is 9.15 Å². The Morgan fingerprint density at radius 1 is 1.55 bits per heavy atom. The molecule has 2 atom stereocenters. The fourth-order valence-electron chi connectivity index (χ4n) is 2.75. The highest BCUT2D eigenvalue weighted by Gasteiger charge is 2.20. The zero-order valence-electron chi connectivity index (χ0n) is 12.6. The zero-order chi connectivity index (χ0) is 15.4. The van der Waals surface area contributed by atoms with Crippen molar-refractivity contribution in [2.75, 3.05) is 11.9 Å². The van der Waals surface area contributed by atoms with Gasteiger partial charge in [0.1, 0.15) is 12.3 Å². The van der Waals surface area contributed by atoms with Gasteiger partial charge in [-0.25, -0.2) is 4.98 Å². The van der Waals surface area contributed by atoms with Crippen molar-refractivity contribution in [2.24, 2.45) is 5.92 Å². The average Bonchev–Trinajstić information content (AvgIpc) is 3.16. The predicted octanol–water partition coefficient (Wildman–Crippen LogP) is 3.94. The van der Waals surface area contributed by atoms with Crippen molar-refractivity contribution in [3.8, 4) is 11.5 Å². The van der Waals surface area contributed by atoms with Gasteiger partial charge in [0, 0.05) is 5.38 Å². The topological polar surface area (TPSA) is 64.4 Å². The van der Waals surface area contributed by atoms with Crippen LogP contribution in [0, 0.1) is 5.92 Å². The number of anilines is 1. The highest BCUT2D eigenvalue weighted by atomic mass is 32.1. The van der Waals surface area contributed by atoms with E-state index in [-0.39, 0.29) is 18.6 Å². The van der Waals surface area contributed by atoms with Crippen molar-refractivity contribution in [3.63, 3.8) is 0 Å². The molecular formula is C16H20N2O3S. The molecular weight excluding hydrogens is 300 g/mol. The van der Waals surface area contributed by atoms with Gasteiger partial charge < -0.3 is 9.15 Å². The molecule has 0 radical (unpaired) electrons. The van der Waals surface area contributed by atoms with E-state index in [2.05, 4.69) is 17.2 Å². The first kappa shape index (κ1) is 15.2. The predicted molar refractivity (Wildman–Crippen MR) is 85.8 cm³/mol. The SMILES string of the molecule is CC1CCCC(OCC(=O)Nc2nc(-c3ccco3)cs2)C1. The summed E-state index contributed by atoms with van der Waals surface area (Å²) in [5, 5.41) is 5.20. The van der Waals surface area contributed by atoms with Gasteiger partial charge in [-0.15, -0.1) is 11.3 Å². The second-order valence-corrected chi connectivity index (χ2v) is 6.63. The molecule has 1 saturated carbocycles. The Morgan fingerprint density at radius 3 is 3.23 bits per heavy atom. The molecule has 2 heterocycles. The van der Waals surface area contributed by atoms with E-state index in [1.165, 1.54) is 24.2 Å². The van der Waals surface area contributed by atoms with E-state index in [9.17, 15) is 4.79 Å². The molecule has 5 nitrogen and oxygen atoms in total. The summed E-state index contributed by atoms with van der Waals surface area (Å²) in [5.74, 6) is 1.24. The summed E-state index contributed by atoms with van der Waals surface area (Å²) >= 11 is 1.38. The Bertz CT molecular complexity index is 609. The zero-order valence-corrected chi connectivity index (χ0v) is 13.4. The van der Waals surface area contributed by atoms with Crippen LogP contribution < -0.4 is 5.32 Å². The number of hydrogen-bond acceptors (Lipinski definition) is 5. The lowest BCUT2D eigenvalue weighted by Gasteiger charge is -2.26. The Morgan fingerprint density at radius 2 is 2.45 bits per heavy atom. The van der Waals surface area contributed by atoms with Crippen LogP contribution in [0.4, 0.5) is 5.13 Å². The lowest BCUT2D eigenvalue weighted by atomic mass is 9.89. The number of thiazole rings is 1. The third kappa shape index (κ3) is 3.96. The van der Waals surface area contributed by atoms with Crippen LogP contribution in [0.15, 0.2) is 28.2 Å². The molecule has 0 aliphatic heterocycles. The average molecular weight is 320 g/mol. The molecule has 1 aliphatic rings. The van der Waals surface area contributed by atoms with Crippen molar-refractivity contribution in [2.45, 2.75) is 38.7 Å². The molecule has 2 aromatic rings. The summed E-state index contributed by atoms with van der Waals surface area (Å²) in [6.45, 7) is 2.33. The first-order valence-corrected chi connectivity index (χ1v) is 8.49. The number of carbonyl (C=O) groups excluding carboxylic acids is 1. The molecule has 2 aromatic heterocycles. The van der Waals surface area contributed by atoms with Gasteiger partial charge in [-0.05, 0) is 30.9 Å². The van der Waals surface area contributed by atoms with Gasteiger partial charge in [-0.1, -0.05) is 19.8 Å². The molecule has 0 aromatic carbocycles. The molecule has 0 bridgehead atoms. The number of nitrogens with zero attached hydrogens (tertiary/aromatic N) is 1. The minimum Gasteiger partial charge on any atom is -0.463 e. The van der Waals surface area contributed by atoms with E-state index < -0.39 is 0 Å². The molecule has 118 valence electrons. The fraction of sp³-hybridized carbons (Fsp3) is 0.500. The molecule has 1 N–H and O–H groups in total. The number of hydrogen-bond donors (Lipinski definition) is 1. The van der Waals surface area contributed by atoms with Crippen molar-refractivity contribution in [1.82, 2.24) is 4.98 Å². The summed E-state index contributed by atoms with van der Waals surface area (Å²) in [7, 11) is 0. The number of ether oxygens (including phenoxy) is 1. The van der Waals surface area contributed by atoms with Crippen LogP contribution in [0.3, 0.4) is 0 Å². The van der Waals surface area contributed by atoms with Crippen LogP contribution in [-0.2, 0) is 9.53 Å². The molecule has 3 rings (SSSR count). The normalized spacial score (nSPS) is 21.7. The number of aromatic nitrogens is 1. The van der Waals surface area contributed by atoms with E-state index in [1.54, 1.807) is 6.26 Å². The van der Waals surface area contributed by atoms with E-state index in [1.807, 2.05) is 17.5 Å². The van der Waals surface area contributed by atoms with Crippen molar-refractivity contribution in [3.05, 3.63) is 23.8 Å². The maximum atomic E-state index is 11.9. The summed E-state index contributed by atoms with van der Waals surface area (Å²) in [4.78, 5) is 16.3. The number of furan rings is 1. The third-order valence-electron chi connectivity index (χ3n) is 3.86. The second kappa shape index (κ2) is 7.07. The standard InChI is InChI=1S/C16H20N2O3S/c1-11-4-2-5-12(8-11)21-9-15(19)18-16-17-13(10-22-16)14-6-3-7-20-14/h3,6-7,10-12H,2,4-5,8-9H2,1H3,(H,17,18,19). The summed E-state index contributed by atoms with van der Waals surface area (Å²) in [6, 6.07) is 3.65. The van der Waals surface area contributed by atoms with Gasteiger partial charge in [0.05, 0.1) is 12.4 Å². The smallest absolute Gasteiger partial charge is 0.252 e. The van der Waals surface area contributed by atoms with Crippen molar-refractivity contribution < 1.29 is 13.9 Å². The van der Waals surface area contributed by atoms with Crippen LogP contribution in [-0.4, -0.2) is 23.6 Å². The molecule has 22 heavy (non-hydrogen) atoms. The Labute approximate surface area is 133 Å². The number of rotatable bonds is 5. The van der Waals surface area contributed by atoms with Crippen LogP contribution in [0.2, 0.25) is 0 Å². The number of nitrogens with one attached hydrogen (secondary N) is 1. The van der Waals surface area contributed by atoms with Gasteiger partial charge in [0.25, 0.3) is 5.91 Å². The molecule has 1 amide bonds. The Hall–Kier alpha value is -1.66. The van der Waals surface area contributed by atoms with E-state index in [0.717, 1.165) is 18.5 Å². The fourth-order valence-corrected chi connectivity index (χ4v) is 3.46. The van der Waals surface area contributed by atoms with Gasteiger partial charge in [0.15, 0.2) is 10.9 Å². The number of carbonyl (C=O) groups is 1. The van der Waals surface area contributed by atoms with Crippen molar-refractivity contribution >= 4 is 22.4 Å². The highest BCUT2D eigenvalue weighted by molar-refractivity contribution is 7.14. The molecule has 6 heteroatoms. The minimum absolute atomic E-state index is 0.0903. The van der Waals surface area contributed by atoms with Gasteiger partial charge >= 0.3 is 0 Å². The van der Waals surface area contributed by atoms with Crippen LogP contribution >= 0.6 is 11.3 Å². The van der Waals surface area contributed by atoms with Gasteiger partial charge in [-0.2, -0.15) is 0 Å². The molecule has 1 aliphatic carbocycles. The first-order chi connectivity index (χ1) is 10.7. The maximum absolute atomic E-state index is 11.9. The Balaban J connectivity index is 1.47. The maximum Gasteiger partial charge on any atom is 0.252 e. The molecule has 0 saturated heterocycles. The van der Waals surface area contributed by atoms with Gasteiger partial charge in [-0.3, -0.25) is 10.1 Å². The summed E-state index contributed by atoms with van der Waals surface area (Å²) in [5.41, 5.74) is 0.729. The lowest BCUT2D eigenvalue weighted by Crippen LogP contribution is -2.26. The van der Waals surface area contributed by atoms with Crippen LogP contribution in [0.1, 0.15) is 32.6 Å². The molecule has 2 unspecified atom stereocenters. The second-order valence-electron chi connectivity index (χ2n) is 5.77. The molecule has 0 spiro atoms. The quantitative estimate of drug-likeness (QED) is 0.906. The largest absolute Gasteiger partial charge is 0.463 e. The highest BCUT2D eigenvalue weighted by Crippen LogP contribution is 2.26. The monoisotopic (exact) mass is 320 g/mol. The molecule has 1 fully saturated rings.